The number of halogens is 1. The van der Waals surface area contributed by atoms with Crippen LogP contribution in [0.4, 0.5) is 4.39 Å². The number of hydrogen-bond acceptors (Lipinski definition) is 3. The van der Waals surface area contributed by atoms with Gasteiger partial charge in [0.2, 0.25) is 0 Å². The van der Waals surface area contributed by atoms with Crippen molar-refractivity contribution in [1.29, 1.82) is 0 Å². The molecule has 3 N–H and O–H groups in total. The van der Waals surface area contributed by atoms with Crippen LogP contribution in [0.3, 0.4) is 0 Å². The molecule has 1 heterocycles. The summed E-state index contributed by atoms with van der Waals surface area (Å²) in [5.74, 6) is 6.34. The highest BCUT2D eigenvalue weighted by Gasteiger charge is 2.15. The highest BCUT2D eigenvalue weighted by Crippen LogP contribution is 2.21. The van der Waals surface area contributed by atoms with Crippen LogP contribution in [0.15, 0.2) is 48.5 Å². The first-order chi connectivity index (χ1) is 10.2. The average Bonchev–Trinajstić information content (AvgIpc) is 2.83. The van der Waals surface area contributed by atoms with Crippen LogP contribution >= 0.6 is 0 Å². The fourth-order valence-corrected chi connectivity index (χ4v) is 2.53. The van der Waals surface area contributed by atoms with Gasteiger partial charge in [0.15, 0.2) is 0 Å². The molecular formula is C16H17FN4. The molecule has 0 spiro atoms. The van der Waals surface area contributed by atoms with E-state index in [0.717, 1.165) is 22.4 Å². The van der Waals surface area contributed by atoms with Crippen LogP contribution in [0, 0.1) is 5.82 Å². The summed E-state index contributed by atoms with van der Waals surface area (Å²) in [7, 11) is 1.99. The monoisotopic (exact) mass is 284 g/mol. The van der Waals surface area contributed by atoms with E-state index in [4.69, 9.17) is 5.84 Å². The summed E-state index contributed by atoms with van der Waals surface area (Å²) in [5, 5.41) is 0. The van der Waals surface area contributed by atoms with Crippen molar-refractivity contribution in [2.24, 2.45) is 12.9 Å². The molecule has 108 valence electrons. The van der Waals surface area contributed by atoms with Gasteiger partial charge in [-0.05, 0) is 29.8 Å². The molecular weight excluding hydrogens is 267 g/mol. The van der Waals surface area contributed by atoms with Crippen LogP contribution in [0.25, 0.3) is 11.0 Å². The molecule has 0 saturated carbocycles. The molecule has 0 radical (unpaired) electrons. The Morgan fingerprint density at radius 3 is 2.57 bits per heavy atom. The summed E-state index contributed by atoms with van der Waals surface area (Å²) in [6, 6.07) is 14.2. The SMILES string of the molecule is Cn1c(CC(NN)c2ccc(F)cc2)nc2ccccc21. The van der Waals surface area contributed by atoms with E-state index in [2.05, 4.69) is 15.0 Å². The highest BCUT2D eigenvalue weighted by atomic mass is 19.1. The molecule has 21 heavy (non-hydrogen) atoms. The molecule has 5 heteroatoms. The topological polar surface area (TPSA) is 55.9 Å². The van der Waals surface area contributed by atoms with Crippen molar-refractivity contribution < 1.29 is 4.39 Å². The lowest BCUT2D eigenvalue weighted by Crippen LogP contribution is -2.30. The van der Waals surface area contributed by atoms with E-state index in [9.17, 15) is 4.39 Å². The van der Waals surface area contributed by atoms with Crippen molar-refractivity contribution in [2.75, 3.05) is 0 Å². The van der Waals surface area contributed by atoms with Crippen LogP contribution in [-0.4, -0.2) is 9.55 Å². The molecule has 1 unspecified atom stereocenters. The van der Waals surface area contributed by atoms with Gasteiger partial charge in [-0.25, -0.2) is 9.37 Å². The van der Waals surface area contributed by atoms with E-state index >= 15 is 0 Å². The molecule has 4 nitrogen and oxygen atoms in total. The predicted molar refractivity (Wildman–Crippen MR) is 80.9 cm³/mol. The number of imidazole rings is 1. The van der Waals surface area contributed by atoms with Gasteiger partial charge in [-0.2, -0.15) is 0 Å². The van der Waals surface area contributed by atoms with Gasteiger partial charge in [0, 0.05) is 13.5 Å². The standard InChI is InChI=1S/C16H17FN4/c1-21-15-5-3-2-4-13(15)19-16(21)10-14(20-18)11-6-8-12(17)9-7-11/h2-9,14,20H,10,18H2,1H3. The van der Waals surface area contributed by atoms with Gasteiger partial charge in [0.05, 0.1) is 17.1 Å². The first-order valence-corrected chi connectivity index (χ1v) is 6.81. The van der Waals surface area contributed by atoms with E-state index < -0.39 is 0 Å². The molecule has 0 fully saturated rings. The number of nitrogens with one attached hydrogen (secondary N) is 1. The number of nitrogens with zero attached hydrogens (tertiary/aromatic N) is 2. The van der Waals surface area contributed by atoms with Gasteiger partial charge >= 0.3 is 0 Å². The number of rotatable bonds is 4. The summed E-state index contributed by atoms with van der Waals surface area (Å²) in [4.78, 5) is 4.64. The Morgan fingerprint density at radius 1 is 1.19 bits per heavy atom. The second-order valence-electron chi connectivity index (χ2n) is 5.05. The zero-order chi connectivity index (χ0) is 14.8. The maximum Gasteiger partial charge on any atom is 0.123 e. The van der Waals surface area contributed by atoms with Crippen molar-refractivity contribution in [1.82, 2.24) is 15.0 Å². The van der Waals surface area contributed by atoms with Crippen molar-refractivity contribution in [3.63, 3.8) is 0 Å². The molecule has 0 aliphatic carbocycles. The lowest BCUT2D eigenvalue weighted by Gasteiger charge is -2.16. The molecule has 0 saturated heterocycles. The summed E-state index contributed by atoms with van der Waals surface area (Å²) in [6.07, 6.45) is 0.632. The minimum Gasteiger partial charge on any atom is -0.331 e. The number of nitrogens with two attached hydrogens (primary N) is 1. The average molecular weight is 284 g/mol. The fourth-order valence-electron chi connectivity index (χ4n) is 2.53. The number of hydrazine groups is 1. The van der Waals surface area contributed by atoms with Crippen LogP contribution in [0.1, 0.15) is 17.4 Å². The van der Waals surface area contributed by atoms with E-state index in [0.29, 0.717) is 6.42 Å². The zero-order valence-corrected chi connectivity index (χ0v) is 11.8. The number of fused-ring (bicyclic) bond motifs is 1. The highest BCUT2D eigenvalue weighted by molar-refractivity contribution is 5.75. The van der Waals surface area contributed by atoms with E-state index in [-0.39, 0.29) is 11.9 Å². The Hall–Kier alpha value is -2.24. The van der Waals surface area contributed by atoms with Gasteiger partial charge in [-0.15, -0.1) is 0 Å². The van der Waals surface area contributed by atoms with Crippen molar-refractivity contribution in [2.45, 2.75) is 12.5 Å². The van der Waals surface area contributed by atoms with E-state index in [1.165, 1.54) is 12.1 Å². The number of benzene rings is 2. The summed E-state index contributed by atoms with van der Waals surface area (Å²) in [6.45, 7) is 0. The second-order valence-corrected chi connectivity index (χ2v) is 5.05. The maximum absolute atomic E-state index is 13.0. The van der Waals surface area contributed by atoms with Gasteiger partial charge < -0.3 is 4.57 Å². The first-order valence-electron chi connectivity index (χ1n) is 6.81. The lowest BCUT2D eigenvalue weighted by atomic mass is 10.0. The van der Waals surface area contributed by atoms with E-state index in [1.54, 1.807) is 12.1 Å². The second kappa shape index (κ2) is 5.63. The number of aryl methyl sites for hydroxylation is 1. The molecule has 3 aromatic rings. The number of para-hydroxylation sites is 2. The van der Waals surface area contributed by atoms with Crippen LogP contribution in [0.2, 0.25) is 0 Å². The Balaban J connectivity index is 1.92. The largest absolute Gasteiger partial charge is 0.331 e. The minimum absolute atomic E-state index is 0.110. The summed E-state index contributed by atoms with van der Waals surface area (Å²) < 4.78 is 15.1. The molecule has 0 aliphatic rings. The molecule has 0 bridgehead atoms. The molecule has 1 atom stereocenters. The number of aromatic nitrogens is 2. The number of hydrogen-bond donors (Lipinski definition) is 2. The molecule has 1 aromatic heterocycles. The van der Waals surface area contributed by atoms with Crippen molar-refractivity contribution >= 4 is 11.0 Å². The normalized spacial score (nSPS) is 12.7. The first kappa shape index (κ1) is 13.7. The quantitative estimate of drug-likeness (QED) is 0.571. The predicted octanol–water partition coefficient (Wildman–Crippen LogP) is 2.46. The van der Waals surface area contributed by atoms with Gasteiger partial charge in [0.1, 0.15) is 11.6 Å². The summed E-state index contributed by atoms with van der Waals surface area (Å²) in [5.41, 5.74) is 5.77. The van der Waals surface area contributed by atoms with Gasteiger partial charge in [0.25, 0.3) is 0 Å². The third-order valence-corrected chi connectivity index (χ3v) is 3.74. The minimum atomic E-state index is -0.253. The Labute approximate surface area is 122 Å². The van der Waals surface area contributed by atoms with Gasteiger partial charge in [-0.1, -0.05) is 24.3 Å². The zero-order valence-electron chi connectivity index (χ0n) is 11.8. The molecule has 0 aliphatic heterocycles. The smallest absolute Gasteiger partial charge is 0.123 e. The van der Waals surface area contributed by atoms with Gasteiger partial charge in [-0.3, -0.25) is 11.3 Å². The Bertz CT molecular complexity index is 749. The van der Waals surface area contributed by atoms with Crippen LogP contribution < -0.4 is 11.3 Å². The Morgan fingerprint density at radius 2 is 1.90 bits per heavy atom. The van der Waals surface area contributed by atoms with Crippen molar-refractivity contribution in [3.05, 3.63) is 65.7 Å². The molecule has 3 rings (SSSR count). The summed E-state index contributed by atoms with van der Waals surface area (Å²) >= 11 is 0. The fraction of sp³-hybridized carbons (Fsp3) is 0.188. The third kappa shape index (κ3) is 2.66. The lowest BCUT2D eigenvalue weighted by molar-refractivity contribution is 0.530. The van der Waals surface area contributed by atoms with Crippen molar-refractivity contribution in [3.8, 4) is 0 Å². The third-order valence-electron chi connectivity index (χ3n) is 3.74. The molecule has 0 amide bonds. The Kier molecular flexibility index (Phi) is 3.68. The van der Waals surface area contributed by atoms with Crippen LogP contribution in [-0.2, 0) is 13.5 Å². The molecule has 2 aromatic carbocycles. The van der Waals surface area contributed by atoms with E-state index in [1.807, 2.05) is 31.3 Å². The van der Waals surface area contributed by atoms with Crippen LogP contribution in [0.5, 0.6) is 0 Å². The maximum atomic E-state index is 13.0.